The number of nitrogens with two attached hydrogens (primary N) is 1. The summed E-state index contributed by atoms with van der Waals surface area (Å²) in [5.41, 5.74) is 6.09. The lowest BCUT2D eigenvalue weighted by Crippen LogP contribution is -2.69. The van der Waals surface area contributed by atoms with Crippen molar-refractivity contribution in [3.05, 3.63) is 12.2 Å². The predicted molar refractivity (Wildman–Crippen MR) is 320 cm³/mol. The largest absolute Gasteiger partial charge is 0.481 e. The summed E-state index contributed by atoms with van der Waals surface area (Å²) in [4.78, 5) is 211. The fraction of sp³-hybridized carbons (Fsp3) is 0.690. The molecule has 0 spiro atoms. The van der Waals surface area contributed by atoms with Gasteiger partial charge in [-0.15, -0.1) is 0 Å². The molecule has 0 radical (unpaired) electrons. The predicted octanol–water partition coefficient (Wildman–Crippen LogP) is -3.41. The smallest absolute Gasteiger partial charge is 0.308 e. The molecule has 3 rings (SSSR count). The van der Waals surface area contributed by atoms with E-state index in [2.05, 4.69) is 45.7 Å². The number of hydrogen-bond donors (Lipinski definition) is 15. The van der Waals surface area contributed by atoms with Gasteiger partial charge in [0.25, 0.3) is 0 Å². The van der Waals surface area contributed by atoms with E-state index in [-0.39, 0.29) is 31.2 Å². The van der Waals surface area contributed by atoms with Gasteiger partial charge in [-0.05, 0) is 77.6 Å². The Labute approximate surface area is 526 Å². The minimum atomic E-state index is -2.14. The fourth-order valence-corrected chi connectivity index (χ4v) is 10.4. The number of amides is 12. The molecule has 13 unspecified atom stereocenters. The standard InChI is InChI=1S/C58H91N13O20/c1-8-30(4)18-13-11-9-10-12-14-21-39(72)63-36(26-44(79)80)51(83)68-46(31(5)58(90)91)54(86)65-35(25-43(77)78)50(82)60-27-40(73)64-34(24-42(75)76)49(81)61-28-41(74)66-47(32(6)59)55(87)67-45(29(2)3)56(88)71-23-17-20-38(71)52(84)62-33(7)48-57(89)70-22-16-15-19-37(70)53(85)69-48/h12,14,29-38,45-48H,8-11,13,15-28,59H2,1-7H3,(H,60,82)(H,61,81)(H,62,84)(H,63,72)(H,64,73)(H,65,86)(H,66,74)(H,67,87)(H,68,83)(H,69,85)(H,75,76)(H,77,78)(H,79,80)(H,90,91). The Morgan fingerprint density at radius 1 is 0.593 bits per heavy atom. The Kier molecular flexibility index (Phi) is 31.4. The van der Waals surface area contributed by atoms with E-state index in [1.807, 2.05) is 21.3 Å². The van der Waals surface area contributed by atoms with Gasteiger partial charge in [-0.2, -0.15) is 0 Å². The van der Waals surface area contributed by atoms with Crippen LogP contribution in [-0.2, 0) is 76.7 Å². The van der Waals surface area contributed by atoms with Crippen molar-refractivity contribution >= 4 is 94.8 Å². The number of fused-ring (bicyclic) bond motifs is 1. The molecule has 3 heterocycles. The second-order valence-electron chi connectivity index (χ2n) is 23.6. The first-order chi connectivity index (χ1) is 42.8. The molecule has 0 aromatic rings. The highest BCUT2D eigenvalue weighted by Crippen LogP contribution is 2.25. The number of aliphatic carboxylic acids is 4. The van der Waals surface area contributed by atoms with E-state index in [4.69, 9.17) is 5.73 Å². The molecule has 33 nitrogen and oxygen atoms in total. The summed E-state index contributed by atoms with van der Waals surface area (Å²) in [6, 6.07) is -15.5. The van der Waals surface area contributed by atoms with E-state index in [1.165, 1.54) is 22.8 Å². The lowest BCUT2D eigenvalue weighted by Gasteiger charge is -2.43. The molecule has 33 heteroatoms. The zero-order valence-corrected chi connectivity index (χ0v) is 52.5. The van der Waals surface area contributed by atoms with Gasteiger partial charge in [0.1, 0.15) is 54.4 Å². The number of carbonyl (C=O) groups excluding carboxylic acids is 12. The molecular formula is C58H91N13O20. The molecule has 0 aliphatic carbocycles. The topological polar surface area (TPSA) is 507 Å². The van der Waals surface area contributed by atoms with E-state index >= 15 is 0 Å². The minimum absolute atomic E-state index is 0.127. The Morgan fingerprint density at radius 2 is 1.14 bits per heavy atom. The molecule has 3 fully saturated rings. The molecule has 12 amide bonds. The molecular weight excluding hydrogens is 1200 g/mol. The van der Waals surface area contributed by atoms with Crippen LogP contribution in [0.3, 0.4) is 0 Å². The van der Waals surface area contributed by atoms with Crippen LogP contribution >= 0.6 is 0 Å². The summed E-state index contributed by atoms with van der Waals surface area (Å²) in [5.74, 6) is -19.9. The van der Waals surface area contributed by atoms with Crippen molar-refractivity contribution in [1.82, 2.24) is 63.0 Å². The Hall–Kier alpha value is -8.78. The van der Waals surface area contributed by atoms with Gasteiger partial charge < -0.3 is 89.1 Å². The van der Waals surface area contributed by atoms with Crippen LogP contribution in [-0.4, -0.2) is 218 Å². The summed E-state index contributed by atoms with van der Waals surface area (Å²) < 4.78 is 0. The van der Waals surface area contributed by atoms with Crippen LogP contribution < -0.4 is 58.9 Å². The number of hydrogen-bond acceptors (Lipinski definition) is 17. The van der Waals surface area contributed by atoms with Crippen molar-refractivity contribution in [2.45, 2.75) is 211 Å². The lowest BCUT2D eigenvalue weighted by atomic mass is 9.94. The van der Waals surface area contributed by atoms with Gasteiger partial charge in [0, 0.05) is 25.6 Å². The lowest BCUT2D eigenvalue weighted by molar-refractivity contribution is -0.152. The molecule has 0 aromatic heterocycles. The molecule has 3 saturated heterocycles. The second kappa shape index (κ2) is 37.4. The third-order valence-electron chi connectivity index (χ3n) is 15.8. The van der Waals surface area contributed by atoms with Crippen LogP contribution in [0.2, 0.25) is 0 Å². The molecule has 0 bridgehead atoms. The highest BCUT2D eigenvalue weighted by molar-refractivity contribution is 6.01. The van der Waals surface area contributed by atoms with E-state index in [1.54, 1.807) is 26.8 Å². The highest BCUT2D eigenvalue weighted by Gasteiger charge is 2.46. The number of carbonyl (C=O) groups is 16. The van der Waals surface area contributed by atoms with Gasteiger partial charge in [0.15, 0.2) is 0 Å². The Morgan fingerprint density at radius 3 is 1.70 bits per heavy atom. The van der Waals surface area contributed by atoms with Crippen molar-refractivity contribution in [2.24, 2.45) is 23.5 Å². The summed E-state index contributed by atoms with van der Waals surface area (Å²) in [6.07, 6.45) is 8.09. The first kappa shape index (κ1) is 76.5. The van der Waals surface area contributed by atoms with Crippen LogP contribution in [0.25, 0.3) is 0 Å². The number of rotatable bonds is 38. The first-order valence-corrected chi connectivity index (χ1v) is 30.6. The number of allylic oxidation sites excluding steroid dienone is 1. The molecule has 0 saturated carbocycles. The van der Waals surface area contributed by atoms with Crippen molar-refractivity contribution in [1.29, 1.82) is 0 Å². The summed E-state index contributed by atoms with van der Waals surface area (Å²) in [6.45, 7) is 9.84. The van der Waals surface area contributed by atoms with Gasteiger partial charge in [0.2, 0.25) is 70.9 Å². The monoisotopic (exact) mass is 1290 g/mol. The zero-order chi connectivity index (χ0) is 68.4. The Balaban J connectivity index is 1.61. The van der Waals surface area contributed by atoms with Crippen molar-refractivity contribution in [2.75, 3.05) is 26.2 Å². The van der Waals surface area contributed by atoms with Gasteiger partial charge in [0.05, 0.1) is 44.3 Å². The number of piperazine rings is 1. The van der Waals surface area contributed by atoms with Gasteiger partial charge in [-0.3, -0.25) is 76.7 Å². The van der Waals surface area contributed by atoms with Crippen LogP contribution in [0, 0.1) is 17.8 Å². The van der Waals surface area contributed by atoms with Crippen molar-refractivity contribution in [3.63, 3.8) is 0 Å². The SMILES string of the molecule is CCC(C)CCCCCC=CCC(=O)NC(CC(=O)O)C(=O)NC(C(=O)NC(CC(=O)O)C(=O)NCC(=O)NC(CC(=O)O)C(=O)NCC(=O)NC(C(=O)NC(C(=O)N1CCCC1C(=O)NC(C)C1NC(=O)C2CCCCN2C1=O)C(C)C)C(C)N)C(C)C(=O)O. The van der Waals surface area contributed by atoms with Crippen molar-refractivity contribution in [3.8, 4) is 0 Å². The maximum atomic E-state index is 14.1. The van der Waals surface area contributed by atoms with Crippen LogP contribution in [0.4, 0.5) is 0 Å². The quantitative estimate of drug-likeness (QED) is 0.0212. The molecule has 91 heavy (non-hydrogen) atoms. The number of likely N-dealkylation sites (tertiary alicyclic amines) is 1. The minimum Gasteiger partial charge on any atom is -0.481 e. The average Bonchev–Trinajstić information content (AvgIpc) is 4.03. The van der Waals surface area contributed by atoms with Gasteiger partial charge in [-0.25, -0.2) is 0 Å². The van der Waals surface area contributed by atoms with E-state index in [9.17, 15) is 97.1 Å². The zero-order valence-electron chi connectivity index (χ0n) is 52.5. The number of piperidine rings is 1. The molecule has 3 aliphatic heterocycles. The second-order valence-corrected chi connectivity index (χ2v) is 23.6. The molecule has 0 aromatic carbocycles. The van der Waals surface area contributed by atoms with E-state index in [0.717, 1.165) is 51.9 Å². The van der Waals surface area contributed by atoms with Gasteiger partial charge in [-0.1, -0.05) is 65.5 Å². The summed E-state index contributed by atoms with van der Waals surface area (Å²) >= 11 is 0. The van der Waals surface area contributed by atoms with E-state index in [0.29, 0.717) is 31.7 Å². The number of nitrogens with one attached hydrogen (secondary N) is 10. The van der Waals surface area contributed by atoms with E-state index < -0.39 is 194 Å². The molecule has 13 atom stereocenters. The Bertz CT molecular complexity index is 2710. The van der Waals surface area contributed by atoms with Crippen LogP contribution in [0.5, 0.6) is 0 Å². The van der Waals surface area contributed by atoms with Crippen LogP contribution in [0.15, 0.2) is 12.2 Å². The maximum absolute atomic E-state index is 14.1. The van der Waals surface area contributed by atoms with Crippen LogP contribution in [0.1, 0.15) is 145 Å². The molecule has 508 valence electrons. The number of unbranched alkanes of at least 4 members (excludes halogenated alkanes) is 3. The molecule has 16 N–H and O–H groups in total. The summed E-state index contributed by atoms with van der Waals surface area (Å²) in [5, 5.41) is 61.3. The number of nitrogens with zero attached hydrogens (tertiary/aromatic N) is 2. The fourth-order valence-electron chi connectivity index (χ4n) is 10.4. The number of carboxylic acids is 4. The summed E-state index contributed by atoms with van der Waals surface area (Å²) in [7, 11) is 0. The first-order valence-electron chi connectivity index (χ1n) is 30.6. The highest BCUT2D eigenvalue weighted by atomic mass is 16.4. The maximum Gasteiger partial charge on any atom is 0.308 e. The van der Waals surface area contributed by atoms with Gasteiger partial charge >= 0.3 is 23.9 Å². The van der Waals surface area contributed by atoms with Crippen molar-refractivity contribution < 1.29 is 97.1 Å². The normalized spacial score (nSPS) is 19.6. The molecule has 3 aliphatic rings. The third kappa shape index (κ3) is 24.8. The number of carboxylic acid groups (broad SMARTS) is 4. The third-order valence-corrected chi connectivity index (χ3v) is 15.8. The average molecular weight is 1290 g/mol.